The molecule has 0 spiro atoms. The van der Waals surface area contributed by atoms with E-state index in [1.54, 1.807) is 7.11 Å². The number of ether oxygens (including phenoxy) is 1. The molecule has 0 amide bonds. The van der Waals surface area contributed by atoms with E-state index in [1.807, 2.05) is 24.3 Å². The van der Waals surface area contributed by atoms with Gasteiger partial charge < -0.3 is 9.64 Å². The third-order valence-corrected chi connectivity index (χ3v) is 7.94. The van der Waals surface area contributed by atoms with E-state index in [2.05, 4.69) is 178 Å². The molecule has 0 fully saturated rings. The van der Waals surface area contributed by atoms with E-state index in [-0.39, 0.29) is 0 Å². The standard InChI is InChI=1S/C29H27N.C16H16O/c1-22-4-10-25(11-5-22)12-13-26-14-20-29(21-15-26)30(27-16-6-23(2)7-17-27)28-18-8-24(3)9-19-28;1-13-3-5-14(6-4-13)7-8-15-9-11-16(17-2)12-10-15/h4-21H,1-3H3;3-12H,1-2H3/b13-12+;8-7+. The summed E-state index contributed by atoms with van der Waals surface area (Å²) in [5.41, 5.74) is 13.3. The Balaban J connectivity index is 0.000000216. The lowest BCUT2D eigenvalue weighted by molar-refractivity contribution is 0.415. The molecule has 0 aliphatic heterocycles. The highest BCUT2D eigenvalue weighted by molar-refractivity contribution is 5.78. The van der Waals surface area contributed by atoms with Crippen LogP contribution in [0.5, 0.6) is 5.75 Å². The summed E-state index contributed by atoms with van der Waals surface area (Å²) in [6, 6.07) is 51.2. The van der Waals surface area contributed by atoms with Crippen molar-refractivity contribution >= 4 is 41.4 Å². The third-order valence-electron chi connectivity index (χ3n) is 7.94. The maximum absolute atomic E-state index is 5.12. The summed E-state index contributed by atoms with van der Waals surface area (Å²) in [7, 11) is 1.68. The molecule has 0 heterocycles. The lowest BCUT2D eigenvalue weighted by Crippen LogP contribution is -2.09. The Morgan fingerprint density at radius 3 is 0.872 bits per heavy atom. The molecule has 0 aliphatic rings. The van der Waals surface area contributed by atoms with Crippen LogP contribution in [0.2, 0.25) is 0 Å². The van der Waals surface area contributed by atoms with E-state index in [9.17, 15) is 0 Å². The first-order chi connectivity index (χ1) is 22.9. The van der Waals surface area contributed by atoms with E-state index in [0.29, 0.717) is 0 Å². The summed E-state index contributed by atoms with van der Waals surface area (Å²) < 4.78 is 5.12. The van der Waals surface area contributed by atoms with Crippen LogP contribution in [0.3, 0.4) is 0 Å². The van der Waals surface area contributed by atoms with Gasteiger partial charge in [-0.1, -0.05) is 144 Å². The zero-order valence-electron chi connectivity index (χ0n) is 28.0. The van der Waals surface area contributed by atoms with Crippen LogP contribution in [0.4, 0.5) is 17.1 Å². The van der Waals surface area contributed by atoms with Crippen molar-refractivity contribution < 1.29 is 4.74 Å². The zero-order valence-corrected chi connectivity index (χ0v) is 28.0. The zero-order chi connectivity index (χ0) is 33.0. The van der Waals surface area contributed by atoms with Crippen molar-refractivity contribution in [2.45, 2.75) is 27.7 Å². The SMILES string of the molecule is COc1ccc(/C=C/c2ccc(C)cc2)cc1.Cc1ccc(/C=C/c2ccc(N(c3ccc(C)cc3)c3ccc(C)cc3)cc2)cc1. The van der Waals surface area contributed by atoms with Crippen molar-refractivity contribution in [3.8, 4) is 5.75 Å². The van der Waals surface area contributed by atoms with Gasteiger partial charge in [0.15, 0.2) is 0 Å². The van der Waals surface area contributed by atoms with Crippen LogP contribution in [0.15, 0.2) is 146 Å². The number of benzene rings is 6. The first-order valence-electron chi connectivity index (χ1n) is 16.0. The predicted molar refractivity (Wildman–Crippen MR) is 204 cm³/mol. The number of hydrogen-bond donors (Lipinski definition) is 0. The highest BCUT2D eigenvalue weighted by atomic mass is 16.5. The Labute approximate surface area is 281 Å². The highest BCUT2D eigenvalue weighted by Crippen LogP contribution is 2.35. The van der Waals surface area contributed by atoms with Gasteiger partial charge in [-0.3, -0.25) is 0 Å². The van der Waals surface area contributed by atoms with E-state index in [0.717, 1.165) is 22.8 Å². The fraction of sp³-hybridized carbons (Fsp3) is 0.111. The van der Waals surface area contributed by atoms with Crippen molar-refractivity contribution in [2.75, 3.05) is 12.0 Å². The Kier molecular flexibility index (Phi) is 11.2. The van der Waals surface area contributed by atoms with Gasteiger partial charge in [-0.25, -0.2) is 0 Å². The van der Waals surface area contributed by atoms with E-state index in [4.69, 9.17) is 4.74 Å². The maximum atomic E-state index is 5.12. The van der Waals surface area contributed by atoms with Crippen molar-refractivity contribution in [3.05, 3.63) is 190 Å². The molecular formula is C45H43NO. The molecule has 0 bridgehead atoms. The first-order valence-corrected chi connectivity index (χ1v) is 16.0. The topological polar surface area (TPSA) is 12.5 Å². The Morgan fingerprint density at radius 1 is 0.340 bits per heavy atom. The van der Waals surface area contributed by atoms with Crippen molar-refractivity contribution in [1.29, 1.82) is 0 Å². The molecule has 0 aliphatic carbocycles. The van der Waals surface area contributed by atoms with Crippen molar-refractivity contribution in [3.63, 3.8) is 0 Å². The van der Waals surface area contributed by atoms with E-state index in [1.165, 1.54) is 44.5 Å². The molecule has 2 nitrogen and oxygen atoms in total. The molecule has 0 saturated heterocycles. The Morgan fingerprint density at radius 2 is 0.574 bits per heavy atom. The molecule has 0 unspecified atom stereocenters. The smallest absolute Gasteiger partial charge is 0.118 e. The second-order valence-corrected chi connectivity index (χ2v) is 11.9. The van der Waals surface area contributed by atoms with Crippen LogP contribution in [0.1, 0.15) is 44.5 Å². The van der Waals surface area contributed by atoms with Crippen LogP contribution < -0.4 is 9.64 Å². The Hall–Kier alpha value is -5.60. The molecule has 6 aromatic rings. The van der Waals surface area contributed by atoms with Crippen LogP contribution in [0, 0.1) is 27.7 Å². The van der Waals surface area contributed by atoms with Crippen LogP contribution in [-0.4, -0.2) is 7.11 Å². The molecule has 0 radical (unpaired) electrons. The van der Waals surface area contributed by atoms with Crippen LogP contribution >= 0.6 is 0 Å². The van der Waals surface area contributed by atoms with Gasteiger partial charge in [0.25, 0.3) is 0 Å². The number of rotatable bonds is 8. The second kappa shape index (κ2) is 16.1. The second-order valence-electron chi connectivity index (χ2n) is 11.9. The van der Waals surface area contributed by atoms with Gasteiger partial charge in [0.2, 0.25) is 0 Å². The number of aryl methyl sites for hydroxylation is 4. The fourth-order valence-corrected chi connectivity index (χ4v) is 5.02. The molecule has 234 valence electrons. The van der Waals surface area contributed by atoms with Crippen molar-refractivity contribution in [2.24, 2.45) is 0 Å². The summed E-state index contributed by atoms with van der Waals surface area (Å²) in [6.45, 7) is 8.45. The highest BCUT2D eigenvalue weighted by Gasteiger charge is 2.12. The quantitative estimate of drug-likeness (QED) is 0.158. The molecule has 0 saturated carbocycles. The molecule has 0 atom stereocenters. The summed E-state index contributed by atoms with van der Waals surface area (Å²) in [6.07, 6.45) is 8.54. The van der Waals surface area contributed by atoms with E-state index >= 15 is 0 Å². The maximum Gasteiger partial charge on any atom is 0.118 e. The molecule has 6 aromatic carbocycles. The number of hydrogen-bond acceptors (Lipinski definition) is 2. The van der Waals surface area contributed by atoms with Gasteiger partial charge in [0.1, 0.15) is 5.75 Å². The monoisotopic (exact) mass is 613 g/mol. The minimum absolute atomic E-state index is 0.887. The van der Waals surface area contributed by atoms with E-state index < -0.39 is 0 Å². The van der Waals surface area contributed by atoms with Crippen LogP contribution in [-0.2, 0) is 0 Å². The van der Waals surface area contributed by atoms with Gasteiger partial charge in [-0.15, -0.1) is 0 Å². The molecule has 47 heavy (non-hydrogen) atoms. The Bertz CT molecular complexity index is 1830. The number of methoxy groups -OCH3 is 1. The predicted octanol–water partition coefficient (Wildman–Crippen LogP) is 12.4. The average Bonchev–Trinajstić information content (AvgIpc) is 3.10. The van der Waals surface area contributed by atoms with Gasteiger partial charge >= 0.3 is 0 Å². The molecule has 0 aromatic heterocycles. The lowest BCUT2D eigenvalue weighted by Gasteiger charge is -2.25. The van der Waals surface area contributed by atoms with Crippen LogP contribution in [0.25, 0.3) is 24.3 Å². The average molecular weight is 614 g/mol. The molecule has 0 N–H and O–H groups in total. The normalized spacial score (nSPS) is 10.9. The number of nitrogens with zero attached hydrogens (tertiary/aromatic N) is 1. The van der Waals surface area contributed by atoms with Gasteiger partial charge in [-0.05, 0) is 98.5 Å². The molecular weight excluding hydrogens is 571 g/mol. The minimum Gasteiger partial charge on any atom is -0.497 e. The summed E-state index contributed by atoms with van der Waals surface area (Å²) in [5, 5.41) is 0. The number of anilines is 3. The fourth-order valence-electron chi connectivity index (χ4n) is 5.02. The van der Waals surface area contributed by atoms with Gasteiger partial charge in [-0.2, -0.15) is 0 Å². The van der Waals surface area contributed by atoms with Gasteiger partial charge in [0.05, 0.1) is 7.11 Å². The minimum atomic E-state index is 0.887. The summed E-state index contributed by atoms with van der Waals surface area (Å²) in [5.74, 6) is 0.887. The van der Waals surface area contributed by atoms with Gasteiger partial charge in [0, 0.05) is 17.1 Å². The third kappa shape index (κ3) is 9.69. The molecule has 2 heteroatoms. The first kappa shape index (κ1) is 32.8. The largest absolute Gasteiger partial charge is 0.497 e. The molecule has 6 rings (SSSR count). The summed E-state index contributed by atoms with van der Waals surface area (Å²) >= 11 is 0. The lowest BCUT2D eigenvalue weighted by atomic mass is 10.1. The summed E-state index contributed by atoms with van der Waals surface area (Å²) in [4.78, 5) is 2.30. The van der Waals surface area contributed by atoms with Crippen molar-refractivity contribution in [1.82, 2.24) is 0 Å².